The lowest BCUT2D eigenvalue weighted by Crippen LogP contribution is -2.18. The predicted molar refractivity (Wildman–Crippen MR) is 73.2 cm³/mol. The third kappa shape index (κ3) is 3.83. The van der Waals surface area contributed by atoms with Crippen molar-refractivity contribution < 1.29 is 13.2 Å². The van der Waals surface area contributed by atoms with Gasteiger partial charge in [0.05, 0.1) is 5.56 Å². The first-order chi connectivity index (χ1) is 8.88. The Bertz CT molecular complexity index is 481. The van der Waals surface area contributed by atoms with E-state index in [-0.39, 0.29) is 10.6 Å². The number of nitrogens with one attached hydrogen (secondary N) is 1. The molecule has 2 nitrogen and oxygen atoms in total. The van der Waals surface area contributed by atoms with Gasteiger partial charge in [-0.25, -0.2) is 0 Å². The predicted octanol–water partition coefficient (Wildman–Crippen LogP) is 3.55. The molecule has 0 heterocycles. The maximum Gasteiger partial charge on any atom is 0.417 e. The van der Waals surface area contributed by atoms with Crippen LogP contribution in [-0.4, -0.2) is 11.5 Å². The smallest absolute Gasteiger partial charge is 0.389 e. The number of thiocarbonyl (C=S) groups is 1. The highest BCUT2D eigenvalue weighted by atomic mass is 32.1. The first kappa shape index (κ1) is 14.1. The summed E-state index contributed by atoms with van der Waals surface area (Å²) in [5.74, 6) is 0.741. The van der Waals surface area contributed by atoms with Gasteiger partial charge >= 0.3 is 6.18 Å². The molecule has 1 aromatic carbocycles. The molecule has 1 aliphatic carbocycles. The fourth-order valence-electron chi connectivity index (χ4n) is 1.93. The Morgan fingerprint density at radius 2 is 2.05 bits per heavy atom. The number of hydrogen-bond acceptors (Lipinski definition) is 2. The Kier molecular flexibility index (Phi) is 3.99. The van der Waals surface area contributed by atoms with Crippen molar-refractivity contribution in [3.63, 3.8) is 0 Å². The normalized spacial score (nSPS) is 15.3. The van der Waals surface area contributed by atoms with Crippen LogP contribution in [0.3, 0.4) is 0 Å². The van der Waals surface area contributed by atoms with Gasteiger partial charge < -0.3 is 11.1 Å². The standard InChI is InChI=1S/C13H15F3N2S/c14-13(15,16)11-7-9(3-4-10(11)12(17)19)18-6-5-8-1-2-8/h3-4,7-8,18H,1-2,5-6H2,(H2,17,19). The average molecular weight is 288 g/mol. The van der Waals surface area contributed by atoms with Crippen LogP contribution in [0.25, 0.3) is 0 Å². The van der Waals surface area contributed by atoms with E-state index in [4.69, 9.17) is 5.73 Å². The van der Waals surface area contributed by atoms with Crippen molar-refractivity contribution in [3.05, 3.63) is 29.3 Å². The van der Waals surface area contributed by atoms with Crippen molar-refractivity contribution in [1.82, 2.24) is 0 Å². The lowest BCUT2D eigenvalue weighted by Gasteiger charge is -2.14. The zero-order valence-electron chi connectivity index (χ0n) is 10.3. The van der Waals surface area contributed by atoms with Gasteiger partial charge in [0.25, 0.3) is 0 Å². The highest BCUT2D eigenvalue weighted by Crippen LogP contribution is 2.34. The van der Waals surface area contributed by atoms with Gasteiger partial charge in [-0.2, -0.15) is 13.2 Å². The van der Waals surface area contributed by atoms with Crippen LogP contribution >= 0.6 is 12.2 Å². The van der Waals surface area contributed by atoms with Crippen LogP contribution in [0.5, 0.6) is 0 Å². The molecule has 1 aliphatic rings. The van der Waals surface area contributed by atoms with Crippen LogP contribution < -0.4 is 11.1 Å². The minimum Gasteiger partial charge on any atom is -0.389 e. The summed E-state index contributed by atoms with van der Waals surface area (Å²) >= 11 is 4.65. The zero-order valence-corrected chi connectivity index (χ0v) is 11.1. The molecule has 19 heavy (non-hydrogen) atoms. The zero-order chi connectivity index (χ0) is 14.0. The number of nitrogens with two attached hydrogens (primary N) is 1. The van der Waals surface area contributed by atoms with Gasteiger partial charge in [-0.3, -0.25) is 0 Å². The van der Waals surface area contributed by atoms with Crippen LogP contribution in [0, 0.1) is 5.92 Å². The molecule has 6 heteroatoms. The molecule has 0 unspecified atom stereocenters. The van der Waals surface area contributed by atoms with E-state index >= 15 is 0 Å². The summed E-state index contributed by atoms with van der Waals surface area (Å²) < 4.78 is 38.7. The first-order valence-corrected chi connectivity index (χ1v) is 6.53. The molecule has 0 radical (unpaired) electrons. The lowest BCUT2D eigenvalue weighted by molar-refractivity contribution is -0.137. The van der Waals surface area contributed by atoms with Crippen LogP contribution in [0.1, 0.15) is 30.4 Å². The van der Waals surface area contributed by atoms with Gasteiger partial charge in [0.2, 0.25) is 0 Å². The number of rotatable bonds is 5. The van der Waals surface area contributed by atoms with Crippen LogP contribution in [0.15, 0.2) is 18.2 Å². The Labute approximate surface area is 115 Å². The summed E-state index contributed by atoms with van der Waals surface area (Å²) in [5.41, 5.74) is 4.86. The minimum absolute atomic E-state index is 0.129. The molecule has 1 saturated carbocycles. The fourth-order valence-corrected chi connectivity index (χ4v) is 2.11. The van der Waals surface area contributed by atoms with Gasteiger partial charge in [-0.1, -0.05) is 25.1 Å². The number of alkyl halides is 3. The van der Waals surface area contributed by atoms with E-state index in [1.54, 1.807) is 6.07 Å². The number of anilines is 1. The molecule has 0 aromatic heterocycles. The Morgan fingerprint density at radius 3 is 2.58 bits per heavy atom. The largest absolute Gasteiger partial charge is 0.417 e. The monoisotopic (exact) mass is 288 g/mol. The second-order valence-corrected chi connectivity index (χ2v) is 5.22. The summed E-state index contributed by atoms with van der Waals surface area (Å²) in [7, 11) is 0. The second-order valence-electron chi connectivity index (χ2n) is 4.78. The van der Waals surface area contributed by atoms with Crippen LogP contribution in [0.4, 0.5) is 18.9 Å². The van der Waals surface area contributed by atoms with E-state index in [2.05, 4.69) is 17.5 Å². The van der Waals surface area contributed by atoms with E-state index in [1.165, 1.54) is 18.9 Å². The van der Waals surface area contributed by atoms with Gasteiger partial charge in [0, 0.05) is 17.8 Å². The molecular weight excluding hydrogens is 273 g/mol. The molecule has 2 rings (SSSR count). The van der Waals surface area contributed by atoms with Crippen molar-refractivity contribution in [2.75, 3.05) is 11.9 Å². The minimum atomic E-state index is -4.45. The van der Waals surface area contributed by atoms with Gasteiger partial charge in [-0.05, 0) is 30.5 Å². The van der Waals surface area contributed by atoms with E-state index in [1.807, 2.05) is 0 Å². The summed E-state index contributed by atoms with van der Waals surface area (Å²) in [5, 5.41) is 3.01. The van der Waals surface area contributed by atoms with E-state index in [0.717, 1.165) is 18.4 Å². The number of hydrogen-bond donors (Lipinski definition) is 2. The maximum atomic E-state index is 12.9. The molecule has 0 bridgehead atoms. The lowest BCUT2D eigenvalue weighted by atomic mass is 10.1. The quantitative estimate of drug-likeness (QED) is 0.814. The fraction of sp³-hybridized carbons (Fsp3) is 0.462. The van der Waals surface area contributed by atoms with Gasteiger partial charge in [0.15, 0.2) is 0 Å². The SMILES string of the molecule is NC(=S)c1ccc(NCCC2CC2)cc1C(F)(F)F. The molecule has 0 amide bonds. The molecule has 3 N–H and O–H groups in total. The molecule has 1 fully saturated rings. The van der Waals surface area contributed by atoms with E-state index in [9.17, 15) is 13.2 Å². The van der Waals surface area contributed by atoms with Crippen LogP contribution in [0.2, 0.25) is 0 Å². The van der Waals surface area contributed by atoms with Gasteiger partial charge in [0.1, 0.15) is 4.99 Å². The van der Waals surface area contributed by atoms with Gasteiger partial charge in [-0.15, -0.1) is 0 Å². The summed E-state index contributed by atoms with van der Waals surface area (Å²) in [6, 6.07) is 3.97. The molecule has 0 atom stereocenters. The summed E-state index contributed by atoms with van der Waals surface area (Å²) in [6.45, 7) is 0.689. The summed E-state index contributed by atoms with van der Waals surface area (Å²) in [4.78, 5) is -0.239. The van der Waals surface area contributed by atoms with Crippen molar-refractivity contribution in [1.29, 1.82) is 0 Å². The Balaban J connectivity index is 2.14. The number of halogens is 3. The summed E-state index contributed by atoms with van der Waals surface area (Å²) in [6.07, 6.45) is -0.989. The first-order valence-electron chi connectivity index (χ1n) is 6.13. The third-order valence-corrected chi connectivity index (χ3v) is 3.39. The third-order valence-electron chi connectivity index (χ3n) is 3.17. The van der Waals surface area contributed by atoms with Crippen molar-refractivity contribution in [3.8, 4) is 0 Å². The number of benzene rings is 1. The molecule has 0 saturated heterocycles. The molecule has 104 valence electrons. The highest BCUT2D eigenvalue weighted by Gasteiger charge is 2.34. The van der Waals surface area contributed by atoms with E-state index < -0.39 is 11.7 Å². The maximum absolute atomic E-state index is 12.9. The highest BCUT2D eigenvalue weighted by molar-refractivity contribution is 7.80. The molecule has 1 aromatic rings. The second kappa shape index (κ2) is 5.36. The molecule has 0 spiro atoms. The van der Waals surface area contributed by atoms with Crippen molar-refractivity contribution >= 4 is 22.9 Å². The Morgan fingerprint density at radius 1 is 1.37 bits per heavy atom. The molecular formula is C13H15F3N2S. The topological polar surface area (TPSA) is 38.0 Å². The Hall–Kier alpha value is -1.30. The van der Waals surface area contributed by atoms with Crippen molar-refractivity contribution in [2.24, 2.45) is 11.7 Å². The van der Waals surface area contributed by atoms with Crippen LogP contribution in [-0.2, 0) is 6.18 Å². The average Bonchev–Trinajstić information content (AvgIpc) is 3.11. The van der Waals surface area contributed by atoms with E-state index in [0.29, 0.717) is 12.2 Å². The molecule has 0 aliphatic heterocycles. The van der Waals surface area contributed by atoms with Crippen molar-refractivity contribution in [2.45, 2.75) is 25.4 Å².